The van der Waals surface area contributed by atoms with E-state index >= 15 is 0 Å². The molecular formula is C64H136O12P4Ti3. The van der Waals surface area contributed by atoms with Gasteiger partial charge in [-0.2, -0.15) is 0 Å². The van der Waals surface area contributed by atoms with E-state index in [2.05, 4.69) is 55.4 Å². The third-order valence-corrected chi connectivity index (χ3v) is 25.0. The number of hydrogen-bond donors (Lipinski definition) is 0. The van der Waals surface area contributed by atoms with Gasteiger partial charge in [-0.25, -0.2) is 0 Å². The molecule has 0 bridgehead atoms. The summed E-state index contributed by atoms with van der Waals surface area (Å²) in [5.41, 5.74) is 0. The standard InChI is InChI=1S/4C16H34O3P.3Ti/c4*1-3-5-7-9-11-13-15-20(17,18,19)16-14-12-10-8-6-4-2;;;/h4*3-16H2,1-2H3;;;/q4*-3;3*+4. The smallest absolute Gasteiger partial charge is 4.00 e. The van der Waals surface area contributed by atoms with E-state index in [9.17, 15) is 58.7 Å². The Morgan fingerprint density at radius 3 is 0.289 bits per heavy atom. The summed E-state index contributed by atoms with van der Waals surface area (Å²) in [6.45, 7) is 17.2. The van der Waals surface area contributed by atoms with Crippen molar-refractivity contribution in [2.45, 2.75) is 364 Å². The van der Waals surface area contributed by atoms with Gasteiger partial charge in [-0.1, -0.05) is 0 Å². The topological polar surface area (TPSA) is 277 Å². The average molecular weight is 1370 g/mol. The first-order chi connectivity index (χ1) is 37.6. The molecule has 496 valence electrons. The van der Waals surface area contributed by atoms with Gasteiger partial charge in [0.05, 0.1) is 0 Å². The molecule has 0 aliphatic rings. The second kappa shape index (κ2) is 61.6. The van der Waals surface area contributed by atoms with Gasteiger partial charge in [0.25, 0.3) is 0 Å². The molecule has 0 saturated heterocycles. The maximum atomic E-state index is 11.9. The number of unbranched alkanes of at least 4 members (excludes halogenated alkanes) is 40. The van der Waals surface area contributed by atoms with E-state index in [-0.39, 0.29) is 114 Å². The SMILES string of the molecule is CCCCCCCCP([O-])([O-])([O-])CCCCCCCC.CCCCCCCCP([O-])([O-])([O-])CCCCCCCC.CCCCCCCCP([O-])([O-])([O-])CCCCCCCC.CCCCCCCCP([O-])([O-])([O-])CCCCCCCC.[Ti+4].[Ti+4].[Ti+4]. The van der Waals surface area contributed by atoms with Gasteiger partial charge in [-0.05, 0) is 0 Å². The quantitative estimate of drug-likeness (QED) is 0.0312. The first-order valence-corrected chi connectivity index (χ1v) is 43.8. The summed E-state index contributed by atoms with van der Waals surface area (Å²) in [7, 11) is -20.2. The molecule has 12 nitrogen and oxygen atoms in total. The predicted molar refractivity (Wildman–Crippen MR) is 334 cm³/mol. The van der Waals surface area contributed by atoms with Crippen LogP contribution in [0.4, 0.5) is 0 Å². The van der Waals surface area contributed by atoms with Crippen molar-refractivity contribution in [2.75, 3.05) is 49.3 Å². The average Bonchev–Trinajstić information content (AvgIpc) is 3.37. The molecule has 0 aromatic heterocycles. The van der Waals surface area contributed by atoms with Gasteiger partial charge in [-0.3, -0.25) is 0 Å². The van der Waals surface area contributed by atoms with Crippen molar-refractivity contribution in [3.8, 4) is 0 Å². The van der Waals surface area contributed by atoms with Gasteiger partial charge >= 0.3 is 566 Å². The van der Waals surface area contributed by atoms with E-state index in [1.807, 2.05) is 0 Å². The molecule has 0 atom stereocenters. The summed E-state index contributed by atoms with van der Waals surface area (Å²) < 4.78 is 0. The normalized spacial score (nSPS) is 13.6. The first kappa shape index (κ1) is 99.9. The van der Waals surface area contributed by atoms with Gasteiger partial charge < -0.3 is 0 Å². The van der Waals surface area contributed by atoms with Crippen LogP contribution in [-0.4, -0.2) is 49.3 Å². The fourth-order valence-corrected chi connectivity index (χ4v) is 17.6. The molecule has 0 unspecified atom stereocenters. The molecule has 0 heterocycles. The molecule has 0 radical (unpaired) electrons. The van der Waals surface area contributed by atoms with Crippen LogP contribution < -0.4 is 58.7 Å². The molecule has 0 aliphatic carbocycles. The summed E-state index contributed by atoms with van der Waals surface area (Å²) >= 11 is 0. The van der Waals surface area contributed by atoms with Crippen LogP contribution in [0.2, 0.25) is 0 Å². The molecule has 0 aliphatic heterocycles. The number of rotatable bonds is 56. The minimum absolute atomic E-state index is 0. The maximum absolute atomic E-state index is 11.9. The van der Waals surface area contributed by atoms with Crippen LogP contribution in [0.5, 0.6) is 0 Å². The molecule has 0 fully saturated rings. The minimum atomic E-state index is -5.06. The first-order valence-electron chi connectivity index (χ1n) is 34.4. The minimum Gasteiger partial charge on any atom is 4.00 e. The van der Waals surface area contributed by atoms with Crippen LogP contribution in [0.15, 0.2) is 0 Å². The van der Waals surface area contributed by atoms with Crippen LogP contribution in [0, 0.1) is 0 Å². The van der Waals surface area contributed by atoms with E-state index in [0.29, 0.717) is 51.4 Å². The van der Waals surface area contributed by atoms with Crippen LogP contribution in [-0.2, 0) is 65.2 Å². The fraction of sp³-hybridized carbons (Fsp3) is 1.00. The Hall–Kier alpha value is 3.38. The van der Waals surface area contributed by atoms with Gasteiger partial charge in [-0.15, -0.1) is 0 Å². The van der Waals surface area contributed by atoms with Crippen molar-refractivity contribution < 1.29 is 124 Å². The Bertz CT molecular complexity index is 1020. The van der Waals surface area contributed by atoms with Crippen LogP contribution in [0.1, 0.15) is 364 Å². The third kappa shape index (κ3) is 85.4. The summed E-state index contributed by atoms with van der Waals surface area (Å²) in [5.74, 6) is 0. The Balaban J connectivity index is -0.000000183. The van der Waals surface area contributed by atoms with E-state index < -0.39 is 29.1 Å². The summed E-state index contributed by atoms with van der Waals surface area (Å²) in [5, 5.41) is 0. The Labute approximate surface area is 561 Å². The second-order valence-corrected chi connectivity index (χ2v) is 38.2. The van der Waals surface area contributed by atoms with Crippen molar-refractivity contribution in [2.24, 2.45) is 0 Å². The number of hydrogen-bond acceptors (Lipinski definition) is 12. The molecule has 19 heteroatoms. The second-order valence-electron chi connectivity index (χ2n) is 24.8. The zero-order valence-corrected chi connectivity index (χ0v) is 64.0. The molecule has 0 aromatic rings. The zero-order chi connectivity index (χ0) is 61.4. The van der Waals surface area contributed by atoms with E-state index in [4.69, 9.17) is 0 Å². The van der Waals surface area contributed by atoms with Crippen LogP contribution >= 0.6 is 29.1 Å². The van der Waals surface area contributed by atoms with Crippen LogP contribution in [0.25, 0.3) is 0 Å². The molecule has 0 spiro atoms. The van der Waals surface area contributed by atoms with Crippen molar-refractivity contribution in [1.82, 2.24) is 0 Å². The molecule has 0 aromatic carbocycles. The largest absolute Gasteiger partial charge is 4.00 e. The van der Waals surface area contributed by atoms with Gasteiger partial charge in [0.2, 0.25) is 0 Å². The Morgan fingerprint density at radius 1 is 0.133 bits per heavy atom. The summed E-state index contributed by atoms with van der Waals surface area (Å²) in [6.07, 6.45) is 47.1. The third-order valence-electron chi connectivity index (χ3n) is 15.5. The summed E-state index contributed by atoms with van der Waals surface area (Å²) in [6, 6.07) is 0. The fourth-order valence-electron chi connectivity index (χ4n) is 10.0. The van der Waals surface area contributed by atoms with Crippen molar-refractivity contribution in [3.05, 3.63) is 0 Å². The molecule has 0 saturated carbocycles. The van der Waals surface area contributed by atoms with Gasteiger partial charge in [0, 0.05) is 0 Å². The van der Waals surface area contributed by atoms with Crippen molar-refractivity contribution in [1.29, 1.82) is 0 Å². The molecule has 0 N–H and O–H groups in total. The maximum Gasteiger partial charge on any atom is 4.00 e. The zero-order valence-electron chi connectivity index (χ0n) is 55.8. The van der Waals surface area contributed by atoms with E-state index in [1.165, 1.54) is 103 Å². The van der Waals surface area contributed by atoms with Gasteiger partial charge in [0.15, 0.2) is 0 Å². The predicted octanol–water partition coefficient (Wildman–Crippen LogP) is 12.3. The summed E-state index contributed by atoms with van der Waals surface area (Å²) in [4.78, 5) is 143. The molecule has 0 rings (SSSR count). The van der Waals surface area contributed by atoms with E-state index in [0.717, 1.165) is 154 Å². The van der Waals surface area contributed by atoms with Crippen molar-refractivity contribution in [3.63, 3.8) is 0 Å². The molecule has 0 amide bonds. The van der Waals surface area contributed by atoms with Crippen LogP contribution in [0.3, 0.4) is 0 Å². The Kier molecular flexibility index (Phi) is 74.1. The van der Waals surface area contributed by atoms with E-state index in [1.54, 1.807) is 0 Å². The van der Waals surface area contributed by atoms with Gasteiger partial charge in [0.1, 0.15) is 0 Å². The molecule has 83 heavy (non-hydrogen) atoms. The van der Waals surface area contributed by atoms with Crippen molar-refractivity contribution >= 4 is 29.1 Å². The molecular weight excluding hydrogens is 1230 g/mol. The monoisotopic (exact) mass is 1360 g/mol. The Morgan fingerprint density at radius 2 is 0.205 bits per heavy atom.